The summed E-state index contributed by atoms with van der Waals surface area (Å²) in [5.41, 5.74) is 9.14. The molecule has 198 valence electrons. The van der Waals surface area contributed by atoms with E-state index in [1.165, 1.54) is 0 Å². The van der Waals surface area contributed by atoms with E-state index in [-0.39, 0.29) is 30.7 Å². The number of carbonyl (C=O) groups is 2. The van der Waals surface area contributed by atoms with Gasteiger partial charge in [0.2, 0.25) is 11.8 Å². The molecule has 2 amide bonds. The van der Waals surface area contributed by atoms with Gasteiger partial charge in [0.15, 0.2) is 5.03 Å². The molecule has 10 heteroatoms. The first-order chi connectivity index (χ1) is 18.3. The largest absolute Gasteiger partial charge is 0.365 e. The number of hydrazone groups is 1. The second-order valence-electron chi connectivity index (χ2n) is 8.81. The fourth-order valence-corrected chi connectivity index (χ4v) is 3.97. The van der Waals surface area contributed by atoms with Gasteiger partial charge in [0, 0.05) is 13.1 Å². The maximum absolute atomic E-state index is 13.6. The second-order valence-corrected chi connectivity index (χ2v) is 8.81. The highest BCUT2D eigenvalue weighted by atomic mass is 16.7. The molecule has 38 heavy (non-hydrogen) atoms. The van der Waals surface area contributed by atoms with Crippen LogP contribution >= 0.6 is 0 Å². The Kier molecular flexibility index (Phi) is 10.3. The molecule has 10 nitrogen and oxygen atoms in total. The van der Waals surface area contributed by atoms with Crippen molar-refractivity contribution in [2.24, 2.45) is 10.8 Å². The molecule has 3 aromatic rings. The molecule has 0 aliphatic rings. The van der Waals surface area contributed by atoms with Gasteiger partial charge in [-0.2, -0.15) is 0 Å². The molecule has 0 fully saturated rings. The van der Waals surface area contributed by atoms with Crippen LogP contribution in [0.3, 0.4) is 0 Å². The van der Waals surface area contributed by atoms with Gasteiger partial charge >= 0.3 is 0 Å². The molecule has 0 spiro atoms. The molecule has 5 N–H and O–H groups in total. The number of nitro groups is 1. The molecule has 0 radical (unpaired) electrons. The highest BCUT2D eigenvalue weighted by Gasteiger charge is 2.27. The number of guanidine groups is 1. The van der Waals surface area contributed by atoms with E-state index in [0.29, 0.717) is 13.0 Å². The summed E-state index contributed by atoms with van der Waals surface area (Å²) in [5, 5.41) is 21.0. The number of nitrogens with one attached hydrogen (secondary N) is 3. The van der Waals surface area contributed by atoms with Gasteiger partial charge in [-0.05, 0) is 36.5 Å². The SMILES string of the molecule is Cc1ccc(CNC(=O)[C@@H](CCCN/C(N)=N\[N+](=O)[O-])NC(=O)C(c2ccccc2)c2ccccc2)cc1. The summed E-state index contributed by atoms with van der Waals surface area (Å²) in [7, 11) is 0. The maximum Gasteiger partial charge on any atom is 0.266 e. The van der Waals surface area contributed by atoms with Crippen LogP contribution in [-0.2, 0) is 16.1 Å². The molecular formula is C28H32N6O4. The molecule has 0 aliphatic heterocycles. The minimum Gasteiger partial charge on any atom is -0.365 e. The minimum atomic E-state index is -0.892. The van der Waals surface area contributed by atoms with Gasteiger partial charge in [0.1, 0.15) is 11.1 Å². The number of carbonyl (C=O) groups excluding carboxylic acids is 2. The number of hydrogen-bond acceptors (Lipinski definition) is 4. The second kappa shape index (κ2) is 14.1. The number of nitrogens with zero attached hydrogens (tertiary/aromatic N) is 2. The minimum absolute atomic E-state index is 0.238. The summed E-state index contributed by atoms with van der Waals surface area (Å²) in [5.74, 6) is -1.57. The summed E-state index contributed by atoms with van der Waals surface area (Å²) < 4.78 is 0. The number of hydrogen-bond donors (Lipinski definition) is 4. The normalized spacial score (nSPS) is 12.0. The Morgan fingerprint density at radius 1 is 0.895 bits per heavy atom. The van der Waals surface area contributed by atoms with E-state index in [0.717, 1.165) is 22.3 Å². The first kappa shape index (κ1) is 27.9. The van der Waals surface area contributed by atoms with Crippen LogP contribution in [0, 0.1) is 17.0 Å². The van der Waals surface area contributed by atoms with Crippen molar-refractivity contribution in [1.29, 1.82) is 0 Å². The predicted octanol–water partition coefficient (Wildman–Crippen LogP) is 2.80. The van der Waals surface area contributed by atoms with Crippen molar-refractivity contribution in [2.75, 3.05) is 6.54 Å². The zero-order valence-electron chi connectivity index (χ0n) is 21.2. The molecule has 0 bridgehead atoms. The number of benzene rings is 3. The Balaban J connectivity index is 1.74. The Bertz CT molecular complexity index is 1190. The lowest BCUT2D eigenvalue weighted by atomic mass is 9.90. The summed E-state index contributed by atoms with van der Waals surface area (Å²) >= 11 is 0. The number of nitrogens with two attached hydrogens (primary N) is 1. The van der Waals surface area contributed by atoms with Gasteiger partial charge in [-0.15, -0.1) is 0 Å². The summed E-state index contributed by atoms with van der Waals surface area (Å²) in [6.45, 7) is 2.54. The Morgan fingerprint density at radius 3 is 2.03 bits per heavy atom. The molecule has 0 saturated carbocycles. The Hall–Kier alpha value is -4.73. The fourth-order valence-electron chi connectivity index (χ4n) is 3.97. The summed E-state index contributed by atoms with van der Waals surface area (Å²) in [6, 6.07) is 25.7. The van der Waals surface area contributed by atoms with Gasteiger partial charge in [0.25, 0.3) is 5.96 Å². The lowest BCUT2D eigenvalue weighted by Gasteiger charge is -2.23. The van der Waals surface area contributed by atoms with E-state index in [4.69, 9.17) is 5.73 Å². The van der Waals surface area contributed by atoms with Gasteiger partial charge in [-0.25, -0.2) is 10.1 Å². The van der Waals surface area contributed by atoms with Crippen LogP contribution in [0.15, 0.2) is 90.0 Å². The lowest BCUT2D eigenvalue weighted by Crippen LogP contribution is -2.48. The number of amides is 2. The number of aryl methyl sites for hydroxylation is 1. The molecule has 0 aliphatic carbocycles. The van der Waals surface area contributed by atoms with Gasteiger partial charge in [-0.3, -0.25) is 9.59 Å². The van der Waals surface area contributed by atoms with E-state index in [9.17, 15) is 19.7 Å². The van der Waals surface area contributed by atoms with Crippen molar-refractivity contribution in [3.05, 3.63) is 117 Å². The van der Waals surface area contributed by atoms with Crippen molar-refractivity contribution < 1.29 is 14.6 Å². The number of rotatable bonds is 12. The van der Waals surface area contributed by atoms with Gasteiger partial charge in [0.05, 0.1) is 5.92 Å². The highest BCUT2D eigenvalue weighted by Crippen LogP contribution is 2.25. The van der Waals surface area contributed by atoms with Crippen molar-refractivity contribution in [3.63, 3.8) is 0 Å². The predicted molar refractivity (Wildman–Crippen MR) is 146 cm³/mol. The van der Waals surface area contributed by atoms with Crippen molar-refractivity contribution in [2.45, 2.75) is 38.3 Å². The molecule has 0 unspecified atom stereocenters. The monoisotopic (exact) mass is 516 g/mol. The standard InChI is InChI=1S/C28H32N6O4/c1-20-14-16-21(17-15-20)19-31-26(35)24(13-8-18-30-28(29)33-34(37)38)32-27(36)25(22-9-4-2-5-10-22)23-11-6-3-7-12-23/h2-7,9-12,14-17,24-25H,8,13,18-19H2,1H3,(H,31,35)(H,32,36)(H3,29,30,33)/t24-/m1/s1. The maximum atomic E-state index is 13.6. The van der Waals surface area contributed by atoms with Crippen LogP contribution in [-0.4, -0.2) is 35.4 Å². The molecular weight excluding hydrogens is 484 g/mol. The van der Waals surface area contributed by atoms with E-state index < -0.39 is 17.0 Å². The molecule has 0 saturated heterocycles. The van der Waals surface area contributed by atoms with E-state index in [1.807, 2.05) is 91.9 Å². The van der Waals surface area contributed by atoms with Gasteiger partial charge in [-0.1, -0.05) is 90.5 Å². The molecule has 3 rings (SSSR count). The van der Waals surface area contributed by atoms with Crippen LogP contribution in [0.1, 0.15) is 41.0 Å². The smallest absolute Gasteiger partial charge is 0.266 e. The van der Waals surface area contributed by atoms with Crippen molar-refractivity contribution >= 4 is 17.8 Å². The third kappa shape index (κ3) is 8.74. The Morgan fingerprint density at radius 2 is 1.47 bits per heavy atom. The van der Waals surface area contributed by atoms with E-state index in [2.05, 4.69) is 21.1 Å². The third-order valence-electron chi connectivity index (χ3n) is 5.91. The quantitative estimate of drug-likeness (QED) is 0.0955. The van der Waals surface area contributed by atoms with Crippen LogP contribution in [0.5, 0.6) is 0 Å². The topological polar surface area (TPSA) is 152 Å². The van der Waals surface area contributed by atoms with Crippen LogP contribution < -0.4 is 21.7 Å². The zero-order chi connectivity index (χ0) is 27.3. The lowest BCUT2D eigenvalue weighted by molar-refractivity contribution is -0.485. The highest BCUT2D eigenvalue weighted by molar-refractivity contribution is 5.92. The van der Waals surface area contributed by atoms with E-state index in [1.54, 1.807) is 0 Å². The molecule has 0 heterocycles. The zero-order valence-corrected chi connectivity index (χ0v) is 21.2. The van der Waals surface area contributed by atoms with Crippen molar-refractivity contribution in [3.8, 4) is 0 Å². The summed E-state index contributed by atoms with van der Waals surface area (Å²) in [6.07, 6.45) is 0.679. The van der Waals surface area contributed by atoms with E-state index >= 15 is 0 Å². The van der Waals surface area contributed by atoms with Crippen LogP contribution in [0.25, 0.3) is 0 Å². The Labute approximate surface area is 221 Å². The average molecular weight is 517 g/mol. The first-order valence-corrected chi connectivity index (χ1v) is 12.3. The first-order valence-electron chi connectivity index (χ1n) is 12.3. The summed E-state index contributed by atoms with van der Waals surface area (Å²) in [4.78, 5) is 37.3. The molecule has 1 atom stereocenters. The molecule has 0 aromatic heterocycles. The molecule has 3 aromatic carbocycles. The average Bonchev–Trinajstić information content (AvgIpc) is 2.91. The third-order valence-corrected chi connectivity index (χ3v) is 5.91. The van der Waals surface area contributed by atoms with Gasteiger partial charge < -0.3 is 21.7 Å². The van der Waals surface area contributed by atoms with Crippen LogP contribution in [0.2, 0.25) is 0 Å². The van der Waals surface area contributed by atoms with Crippen molar-refractivity contribution in [1.82, 2.24) is 16.0 Å². The fraction of sp³-hybridized carbons (Fsp3) is 0.250. The van der Waals surface area contributed by atoms with Crippen LogP contribution in [0.4, 0.5) is 0 Å².